The first-order valence-electron chi connectivity index (χ1n) is 5.70. The van der Waals surface area contributed by atoms with Crippen LogP contribution in [0.5, 0.6) is 0 Å². The van der Waals surface area contributed by atoms with Crippen LogP contribution >= 0.6 is 12.4 Å². The van der Waals surface area contributed by atoms with Crippen molar-refractivity contribution in [2.45, 2.75) is 13.8 Å². The number of hydrogen-bond acceptors (Lipinski definition) is 2. The zero-order chi connectivity index (χ0) is 13.1. The summed E-state index contributed by atoms with van der Waals surface area (Å²) >= 11 is 0.389. The second-order valence-corrected chi connectivity index (χ2v) is 11.5. The fourth-order valence-corrected chi connectivity index (χ4v) is 10.9. The molecule has 0 heterocycles. The molecule has 100 valence electrons. The number of hydrogen-bond donors (Lipinski definition) is 2. The molecule has 0 atom stereocenters. The summed E-state index contributed by atoms with van der Waals surface area (Å²) in [7, 11) is 0. The standard InChI is InChI=1S/C14H16As2N2.ClH/c1-9-3-5-11(17)7-13(9)15-16-14-8-12(18)6-4-10(14)2;/h3-8H,17-18H2,1-2H3;1H. The van der Waals surface area contributed by atoms with Crippen LogP contribution < -0.4 is 20.2 Å². The molecule has 0 bridgehead atoms. The molecule has 4 N–H and O–H groups in total. The van der Waals surface area contributed by atoms with Crippen LogP contribution in [0.15, 0.2) is 36.4 Å². The Balaban J connectivity index is 0.00000180. The Hall–Kier alpha value is -0.553. The van der Waals surface area contributed by atoms with Crippen LogP contribution in [0.3, 0.4) is 0 Å². The van der Waals surface area contributed by atoms with Gasteiger partial charge < -0.3 is 0 Å². The van der Waals surface area contributed by atoms with Crippen molar-refractivity contribution in [2.75, 3.05) is 11.5 Å². The summed E-state index contributed by atoms with van der Waals surface area (Å²) in [6, 6.07) is 12.4. The Bertz CT molecular complexity index is 559. The molecule has 5 heteroatoms. The number of rotatable bonds is 2. The summed E-state index contributed by atoms with van der Waals surface area (Å²) in [6.45, 7) is 4.33. The molecule has 0 radical (unpaired) electrons. The maximum atomic E-state index is 5.86. The van der Waals surface area contributed by atoms with E-state index in [1.54, 1.807) is 0 Å². The van der Waals surface area contributed by atoms with Gasteiger partial charge in [-0.3, -0.25) is 0 Å². The molecule has 0 saturated carbocycles. The molecule has 2 aromatic carbocycles. The van der Waals surface area contributed by atoms with Gasteiger partial charge in [0.15, 0.2) is 0 Å². The first-order valence-corrected chi connectivity index (χ1v) is 12.8. The van der Waals surface area contributed by atoms with E-state index in [1.807, 2.05) is 12.1 Å². The Labute approximate surface area is 131 Å². The van der Waals surface area contributed by atoms with Gasteiger partial charge in [0.2, 0.25) is 0 Å². The molecule has 0 unspecified atom stereocenters. The van der Waals surface area contributed by atoms with Gasteiger partial charge >= 0.3 is 119 Å². The van der Waals surface area contributed by atoms with Gasteiger partial charge in [0.05, 0.1) is 0 Å². The third-order valence-electron chi connectivity index (χ3n) is 2.73. The van der Waals surface area contributed by atoms with Gasteiger partial charge in [-0.1, -0.05) is 0 Å². The minimum atomic E-state index is 0. The minimum Gasteiger partial charge on any atom is -0.147 e. The van der Waals surface area contributed by atoms with Crippen LogP contribution in [0.2, 0.25) is 0 Å². The molecule has 2 aromatic rings. The summed E-state index contributed by atoms with van der Waals surface area (Å²) in [6.07, 6.45) is 0. The van der Waals surface area contributed by atoms with Crippen LogP contribution in [-0.2, 0) is 0 Å². The van der Waals surface area contributed by atoms with Gasteiger partial charge in [-0.25, -0.2) is 0 Å². The first kappa shape index (κ1) is 16.5. The van der Waals surface area contributed by atoms with Crippen molar-refractivity contribution in [1.82, 2.24) is 0 Å². The van der Waals surface area contributed by atoms with E-state index in [-0.39, 0.29) is 38.7 Å². The number of benzene rings is 2. The van der Waals surface area contributed by atoms with Crippen molar-refractivity contribution >= 4 is 58.8 Å². The van der Waals surface area contributed by atoms with E-state index in [0.29, 0.717) is 0 Å². The monoisotopic (exact) mass is 398 g/mol. The van der Waals surface area contributed by atoms with Crippen molar-refractivity contribution in [3.05, 3.63) is 47.5 Å². The van der Waals surface area contributed by atoms with Gasteiger partial charge in [0.25, 0.3) is 0 Å². The molecule has 0 aliphatic heterocycles. The topological polar surface area (TPSA) is 52.0 Å². The molecule has 0 fully saturated rings. The van der Waals surface area contributed by atoms with Crippen LogP contribution in [0.25, 0.3) is 0 Å². The Morgan fingerprint density at radius 3 is 1.47 bits per heavy atom. The molecule has 0 saturated heterocycles. The zero-order valence-electron chi connectivity index (χ0n) is 10.9. The average Bonchev–Trinajstić information content (AvgIpc) is 2.34. The van der Waals surface area contributed by atoms with Crippen LogP contribution in [0, 0.1) is 13.8 Å². The van der Waals surface area contributed by atoms with Gasteiger partial charge in [0, 0.05) is 0 Å². The van der Waals surface area contributed by atoms with Crippen molar-refractivity contribution in [3.8, 4) is 0 Å². The normalized spacial score (nSPS) is 10.4. The molecule has 0 aliphatic rings. The Morgan fingerprint density at radius 2 is 1.11 bits per heavy atom. The van der Waals surface area contributed by atoms with Gasteiger partial charge in [0.1, 0.15) is 0 Å². The maximum Gasteiger partial charge on any atom is -0.147 e. The van der Waals surface area contributed by atoms with E-state index < -0.39 is 0 Å². The minimum absolute atomic E-state index is 0. The maximum absolute atomic E-state index is 5.86. The largest absolute Gasteiger partial charge is 0.147 e. The van der Waals surface area contributed by atoms with Crippen molar-refractivity contribution in [1.29, 1.82) is 0 Å². The van der Waals surface area contributed by atoms with E-state index in [9.17, 15) is 0 Å². The second kappa shape index (κ2) is 7.29. The Kier molecular flexibility index (Phi) is 6.33. The number of halogens is 1. The molecule has 19 heavy (non-hydrogen) atoms. The summed E-state index contributed by atoms with van der Waals surface area (Å²) in [5.41, 5.74) is 16.2. The summed E-state index contributed by atoms with van der Waals surface area (Å²) < 4.78 is 2.90. The number of aryl methyl sites for hydroxylation is 2. The van der Waals surface area contributed by atoms with E-state index in [4.69, 9.17) is 11.5 Å². The molecule has 0 spiro atoms. The van der Waals surface area contributed by atoms with Crippen molar-refractivity contribution in [2.24, 2.45) is 0 Å². The second-order valence-electron chi connectivity index (χ2n) is 4.29. The van der Waals surface area contributed by atoms with Crippen molar-refractivity contribution < 1.29 is 0 Å². The summed E-state index contributed by atoms with van der Waals surface area (Å²) in [4.78, 5) is 0. The van der Waals surface area contributed by atoms with Gasteiger partial charge in [-0.05, 0) is 0 Å². The molecular formula is C14H17As2ClN2. The van der Waals surface area contributed by atoms with E-state index >= 15 is 0 Å². The van der Waals surface area contributed by atoms with Crippen molar-refractivity contribution in [3.63, 3.8) is 0 Å². The van der Waals surface area contributed by atoms with Crippen LogP contribution in [0.1, 0.15) is 11.1 Å². The Morgan fingerprint density at radius 1 is 0.737 bits per heavy atom. The fourth-order valence-electron chi connectivity index (χ4n) is 1.58. The third-order valence-corrected chi connectivity index (χ3v) is 11.7. The average molecular weight is 399 g/mol. The van der Waals surface area contributed by atoms with Crippen LogP contribution in [-0.4, -0.2) is 26.3 Å². The predicted molar refractivity (Wildman–Crippen MR) is 89.2 cm³/mol. The molecule has 0 aromatic heterocycles. The molecule has 2 rings (SSSR count). The molecule has 2 nitrogen and oxygen atoms in total. The van der Waals surface area contributed by atoms with Gasteiger partial charge in [-0.2, -0.15) is 0 Å². The van der Waals surface area contributed by atoms with E-state index in [0.717, 1.165) is 11.4 Å². The third kappa shape index (κ3) is 4.49. The zero-order valence-corrected chi connectivity index (χ0v) is 15.5. The van der Waals surface area contributed by atoms with E-state index in [2.05, 4.69) is 38.1 Å². The molecule has 0 aliphatic carbocycles. The van der Waals surface area contributed by atoms with E-state index in [1.165, 1.54) is 19.8 Å². The fraction of sp³-hybridized carbons (Fsp3) is 0.143. The number of anilines is 2. The van der Waals surface area contributed by atoms with Gasteiger partial charge in [-0.15, -0.1) is 12.4 Å². The number of nitrogens with two attached hydrogens (primary N) is 2. The molecular weight excluding hydrogens is 381 g/mol. The smallest absolute Gasteiger partial charge is 0.147 e. The quantitative estimate of drug-likeness (QED) is 0.589. The summed E-state index contributed by atoms with van der Waals surface area (Å²) in [5.74, 6) is 0. The first-order chi connectivity index (χ1) is 8.56. The number of nitrogen functional groups attached to an aromatic ring is 2. The predicted octanol–water partition coefficient (Wildman–Crippen LogP) is 1.16. The van der Waals surface area contributed by atoms with Crippen LogP contribution in [0.4, 0.5) is 11.4 Å². The SMILES string of the molecule is Cc1ccc(N)cc1[As]=[As]c1cc(N)ccc1C.Cl. The molecule has 0 amide bonds. The summed E-state index contributed by atoms with van der Waals surface area (Å²) in [5, 5.41) is 0.